The van der Waals surface area contributed by atoms with Crippen LogP contribution in [-0.4, -0.2) is 91.7 Å². The maximum absolute atomic E-state index is 12.9. The van der Waals surface area contributed by atoms with Crippen LogP contribution >= 0.6 is 0 Å². The van der Waals surface area contributed by atoms with Crippen molar-refractivity contribution in [2.24, 2.45) is 11.7 Å². The quantitative estimate of drug-likeness (QED) is 0.368. The number of aliphatic carboxylic acids is 2. The molecule has 11 heteroatoms. The number of hydrogen-bond donors (Lipinski definition) is 4. The molecule has 0 aliphatic carbocycles. The number of nitrogens with zero attached hydrogens (tertiary/aromatic N) is 1. The Hall–Kier alpha value is -2.73. The fourth-order valence-electron chi connectivity index (χ4n) is 4.10. The van der Waals surface area contributed by atoms with E-state index in [9.17, 15) is 4.79 Å². The van der Waals surface area contributed by atoms with Gasteiger partial charge in [0, 0.05) is 65.9 Å². The first-order valence-corrected chi connectivity index (χ1v) is 12.6. The first-order chi connectivity index (χ1) is 17.6. The smallest absolute Gasteiger partial charge is 0.300 e. The van der Waals surface area contributed by atoms with Crippen LogP contribution in [0.4, 0.5) is 0 Å². The number of nitrogens with one attached hydrogen (secondary N) is 1. The molecule has 0 saturated carbocycles. The number of amides is 1. The lowest BCUT2D eigenvalue weighted by Crippen LogP contribution is -2.47. The van der Waals surface area contributed by atoms with Gasteiger partial charge in [-0.15, -0.1) is 0 Å². The summed E-state index contributed by atoms with van der Waals surface area (Å²) in [6.07, 6.45) is 3.80. The summed E-state index contributed by atoms with van der Waals surface area (Å²) in [5.41, 5.74) is 7.35. The lowest BCUT2D eigenvalue weighted by Gasteiger charge is -2.35. The van der Waals surface area contributed by atoms with Crippen LogP contribution in [0.3, 0.4) is 0 Å². The zero-order valence-corrected chi connectivity index (χ0v) is 22.2. The van der Waals surface area contributed by atoms with E-state index in [1.807, 2.05) is 24.3 Å². The average Bonchev–Trinajstić information content (AvgIpc) is 3.05. The summed E-state index contributed by atoms with van der Waals surface area (Å²) in [5.74, 6) is -0.749. The Labute approximate surface area is 219 Å². The van der Waals surface area contributed by atoms with Crippen molar-refractivity contribution >= 4 is 17.8 Å². The van der Waals surface area contributed by atoms with Crippen LogP contribution in [0, 0.1) is 5.92 Å². The van der Waals surface area contributed by atoms with E-state index in [0.29, 0.717) is 25.8 Å². The van der Waals surface area contributed by atoms with Gasteiger partial charge in [0.05, 0.1) is 12.5 Å². The molecular formula is C26H43N3O8. The van der Waals surface area contributed by atoms with Crippen molar-refractivity contribution in [3.8, 4) is 5.75 Å². The van der Waals surface area contributed by atoms with Gasteiger partial charge in [-0.1, -0.05) is 12.1 Å². The molecule has 0 bridgehead atoms. The highest BCUT2D eigenvalue weighted by Crippen LogP contribution is 2.23. The molecule has 3 rings (SSSR count). The molecule has 0 aromatic heterocycles. The summed E-state index contributed by atoms with van der Waals surface area (Å²) in [7, 11) is 1.65. The van der Waals surface area contributed by atoms with Crippen LogP contribution in [0.2, 0.25) is 0 Å². The van der Waals surface area contributed by atoms with Gasteiger partial charge in [0.2, 0.25) is 5.91 Å². The molecule has 1 aromatic rings. The third kappa shape index (κ3) is 15.2. The van der Waals surface area contributed by atoms with E-state index in [2.05, 4.69) is 10.2 Å². The predicted molar refractivity (Wildman–Crippen MR) is 138 cm³/mol. The largest absolute Gasteiger partial charge is 0.491 e. The standard InChI is InChI=1S/C22H35N3O4.2C2H4O2/c1-27-12-13-29-21-6-2-17(3-7-21)14-24-22(26)18-4-5-19(23)16-25(15-18)20-8-10-28-11-9-20;2*1-2(3)4/h2-3,6-7,18-20H,4-5,8-16,23H2,1H3,(H,24,26);2*1H3,(H,3,4)/t18-,19+;;/m1../s1. The number of likely N-dealkylation sites (tertiary alicyclic amines) is 1. The number of methoxy groups -OCH3 is 1. The SMILES string of the molecule is CC(=O)O.CC(=O)O.COCCOc1ccc(CNC(=O)[C@@H]2CC[C@H](N)CN(C3CCOCC3)C2)cc1. The molecule has 37 heavy (non-hydrogen) atoms. The van der Waals surface area contributed by atoms with Crippen LogP contribution in [0.1, 0.15) is 45.1 Å². The molecule has 2 fully saturated rings. The molecule has 0 radical (unpaired) electrons. The number of nitrogens with two attached hydrogens (primary N) is 1. The molecule has 0 spiro atoms. The van der Waals surface area contributed by atoms with Gasteiger partial charge in [0.15, 0.2) is 0 Å². The highest BCUT2D eigenvalue weighted by atomic mass is 16.5. The molecule has 5 N–H and O–H groups in total. The van der Waals surface area contributed by atoms with Gasteiger partial charge in [-0.05, 0) is 43.4 Å². The van der Waals surface area contributed by atoms with Crippen LogP contribution in [-0.2, 0) is 30.4 Å². The lowest BCUT2D eigenvalue weighted by atomic mass is 10.0. The molecule has 0 unspecified atom stereocenters. The third-order valence-corrected chi connectivity index (χ3v) is 5.83. The Morgan fingerprint density at radius 1 is 1.00 bits per heavy atom. The molecule has 1 aromatic carbocycles. The van der Waals surface area contributed by atoms with Crippen LogP contribution < -0.4 is 15.8 Å². The molecule has 11 nitrogen and oxygen atoms in total. The van der Waals surface area contributed by atoms with Gasteiger partial charge in [0.1, 0.15) is 12.4 Å². The first kappa shape index (κ1) is 32.3. The fourth-order valence-corrected chi connectivity index (χ4v) is 4.10. The minimum absolute atomic E-state index is 0.0111. The van der Waals surface area contributed by atoms with Crippen molar-refractivity contribution in [2.45, 2.75) is 58.2 Å². The number of benzene rings is 1. The molecule has 2 aliphatic heterocycles. The van der Waals surface area contributed by atoms with E-state index in [-0.39, 0.29) is 17.9 Å². The second-order valence-electron chi connectivity index (χ2n) is 9.07. The van der Waals surface area contributed by atoms with Crippen LogP contribution in [0.15, 0.2) is 24.3 Å². The van der Waals surface area contributed by atoms with E-state index in [4.69, 9.17) is 39.7 Å². The number of carboxylic acids is 2. The van der Waals surface area contributed by atoms with Crippen LogP contribution in [0.25, 0.3) is 0 Å². The Kier molecular flexibility index (Phi) is 16.2. The van der Waals surface area contributed by atoms with E-state index >= 15 is 0 Å². The molecular weight excluding hydrogens is 482 g/mol. The van der Waals surface area contributed by atoms with E-state index in [1.54, 1.807) is 7.11 Å². The highest BCUT2D eigenvalue weighted by Gasteiger charge is 2.31. The number of carbonyl (C=O) groups is 3. The zero-order valence-electron chi connectivity index (χ0n) is 22.2. The van der Waals surface area contributed by atoms with Gasteiger partial charge in [0.25, 0.3) is 11.9 Å². The Balaban J connectivity index is 0.000000751. The number of ether oxygens (including phenoxy) is 3. The number of rotatable bonds is 8. The monoisotopic (exact) mass is 525 g/mol. The maximum Gasteiger partial charge on any atom is 0.300 e. The van der Waals surface area contributed by atoms with Gasteiger partial charge < -0.3 is 35.5 Å². The van der Waals surface area contributed by atoms with E-state index in [1.165, 1.54) is 0 Å². The normalized spacial score (nSPS) is 20.2. The Morgan fingerprint density at radius 2 is 1.59 bits per heavy atom. The minimum Gasteiger partial charge on any atom is -0.491 e. The third-order valence-electron chi connectivity index (χ3n) is 5.83. The van der Waals surface area contributed by atoms with Crippen molar-refractivity contribution < 1.29 is 38.8 Å². The second-order valence-corrected chi connectivity index (χ2v) is 9.07. The summed E-state index contributed by atoms with van der Waals surface area (Å²) in [5, 5.41) is 17.9. The minimum atomic E-state index is -0.833. The van der Waals surface area contributed by atoms with Crippen molar-refractivity contribution in [3.05, 3.63) is 29.8 Å². The zero-order chi connectivity index (χ0) is 27.6. The van der Waals surface area contributed by atoms with E-state index < -0.39 is 11.9 Å². The molecule has 2 saturated heterocycles. The van der Waals surface area contributed by atoms with Crippen molar-refractivity contribution in [2.75, 3.05) is 46.6 Å². The summed E-state index contributed by atoms with van der Waals surface area (Å²) < 4.78 is 16.1. The van der Waals surface area contributed by atoms with Crippen molar-refractivity contribution in [1.82, 2.24) is 10.2 Å². The highest BCUT2D eigenvalue weighted by molar-refractivity contribution is 5.78. The summed E-state index contributed by atoms with van der Waals surface area (Å²) >= 11 is 0. The average molecular weight is 526 g/mol. The van der Waals surface area contributed by atoms with Gasteiger partial charge in [-0.2, -0.15) is 0 Å². The van der Waals surface area contributed by atoms with E-state index in [0.717, 1.165) is 77.1 Å². The first-order valence-electron chi connectivity index (χ1n) is 12.6. The number of carbonyl (C=O) groups excluding carboxylic acids is 1. The fraction of sp³-hybridized carbons (Fsp3) is 0.654. The van der Waals surface area contributed by atoms with Gasteiger partial charge in [-0.25, -0.2) is 0 Å². The number of carboxylic acid groups (broad SMARTS) is 2. The Morgan fingerprint density at radius 3 is 2.16 bits per heavy atom. The molecule has 210 valence electrons. The lowest BCUT2D eigenvalue weighted by molar-refractivity contribution is -0.135. The van der Waals surface area contributed by atoms with Gasteiger partial charge in [-0.3, -0.25) is 19.3 Å². The molecule has 1 amide bonds. The summed E-state index contributed by atoms with van der Waals surface area (Å²) in [6.45, 7) is 7.05. The second kappa shape index (κ2) is 18.5. The predicted octanol–water partition coefficient (Wildman–Crippen LogP) is 1.73. The molecule has 2 atom stereocenters. The summed E-state index contributed by atoms with van der Waals surface area (Å²) in [6, 6.07) is 8.44. The van der Waals surface area contributed by atoms with Crippen molar-refractivity contribution in [1.29, 1.82) is 0 Å². The molecule has 2 aliphatic rings. The molecule has 2 heterocycles. The van der Waals surface area contributed by atoms with Gasteiger partial charge >= 0.3 is 0 Å². The Bertz CT molecular complexity index is 780. The summed E-state index contributed by atoms with van der Waals surface area (Å²) in [4.78, 5) is 33.3. The maximum atomic E-state index is 12.9. The van der Waals surface area contributed by atoms with Crippen LogP contribution in [0.5, 0.6) is 5.75 Å². The number of hydrogen-bond acceptors (Lipinski definition) is 8. The topological polar surface area (TPSA) is 161 Å². The van der Waals surface area contributed by atoms with Crippen molar-refractivity contribution in [3.63, 3.8) is 0 Å².